The Hall–Kier alpha value is -3.62. The first kappa shape index (κ1) is 18.4. The lowest BCUT2D eigenvalue weighted by Crippen LogP contribution is -2.25. The maximum absolute atomic E-state index is 13.2. The zero-order valence-electron chi connectivity index (χ0n) is 15.8. The Balaban J connectivity index is 1.65. The fourth-order valence-corrected chi connectivity index (χ4v) is 3.96. The highest BCUT2D eigenvalue weighted by molar-refractivity contribution is 5.95. The number of carbonyl (C=O) groups excluding carboxylic acids is 1. The topological polar surface area (TPSA) is 75.6 Å². The number of halogens is 3. The molecule has 1 atom stereocenters. The molecule has 0 fully saturated rings. The second-order valence-corrected chi connectivity index (χ2v) is 7.27. The average Bonchev–Trinajstić information content (AvgIpc) is 3.28. The quantitative estimate of drug-likeness (QED) is 0.508. The standard InChI is InChI=1S/C21H16F3N5O/c1-11-18-14(12-5-4-6-13(9-12)21(22,23)24)10-17(30)27-19(18)29(28-11)20-25-15-7-2-3-8-16(15)26-20/h2-9,14H,10H2,1H3,(H,25,26)(H,27,30)/t14-/m0/s1. The number of aromatic amines is 1. The lowest BCUT2D eigenvalue weighted by Gasteiger charge is -2.24. The van der Waals surface area contributed by atoms with Crippen molar-refractivity contribution in [3.8, 4) is 5.95 Å². The number of nitrogens with zero attached hydrogens (tertiary/aromatic N) is 3. The van der Waals surface area contributed by atoms with E-state index in [1.807, 2.05) is 24.3 Å². The van der Waals surface area contributed by atoms with Gasteiger partial charge < -0.3 is 10.3 Å². The number of nitrogens with one attached hydrogen (secondary N) is 2. The van der Waals surface area contributed by atoms with Crippen LogP contribution in [0.2, 0.25) is 0 Å². The van der Waals surface area contributed by atoms with E-state index >= 15 is 0 Å². The fourth-order valence-electron chi connectivity index (χ4n) is 3.96. The van der Waals surface area contributed by atoms with Gasteiger partial charge in [-0.15, -0.1) is 0 Å². The molecule has 2 aromatic carbocycles. The average molecular weight is 411 g/mol. The number of hydrogen-bond donors (Lipinski definition) is 2. The molecule has 3 heterocycles. The van der Waals surface area contributed by atoms with E-state index in [9.17, 15) is 18.0 Å². The minimum absolute atomic E-state index is 0.0426. The summed E-state index contributed by atoms with van der Waals surface area (Å²) in [6, 6.07) is 12.6. The molecule has 0 aliphatic carbocycles. The second-order valence-electron chi connectivity index (χ2n) is 7.27. The van der Waals surface area contributed by atoms with Crippen LogP contribution in [-0.2, 0) is 11.0 Å². The van der Waals surface area contributed by atoms with Crippen molar-refractivity contribution in [3.05, 3.63) is 70.9 Å². The van der Waals surface area contributed by atoms with Gasteiger partial charge in [-0.2, -0.15) is 23.0 Å². The van der Waals surface area contributed by atoms with Gasteiger partial charge in [-0.25, -0.2) is 4.98 Å². The van der Waals surface area contributed by atoms with Crippen LogP contribution in [0.15, 0.2) is 48.5 Å². The summed E-state index contributed by atoms with van der Waals surface area (Å²) in [7, 11) is 0. The van der Waals surface area contributed by atoms with Crippen LogP contribution < -0.4 is 5.32 Å². The number of rotatable bonds is 2. The number of H-pyrrole nitrogens is 1. The maximum atomic E-state index is 13.2. The van der Waals surface area contributed by atoms with Gasteiger partial charge in [0.25, 0.3) is 0 Å². The molecule has 0 radical (unpaired) electrons. The third-order valence-corrected chi connectivity index (χ3v) is 5.30. The molecular formula is C21H16F3N5O. The lowest BCUT2D eigenvalue weighted by atomic mass is 9.85. The molecule has 6 nitrogen and oxygen atoms in total. The highest BCUT2D eigenvalue weighted by Crippen LogP contribution is 2.41. The second kappa shape index (κ2) is 6.45. The van der Waals surface area contributed by atoms with Crippen molar-refractivity contribution in [3.63, 3.8) is 0 Å². The molecule has 1 amide bonds. The Morgan fingerprint density at radius 3 is 2.70 bits per heavy atom. The molecule has 0 saturated heterocycles. The lowest BCUT2D eigenvalue weighted by molar-refractivity contribution is -0.137. The molecule has 0 unspecified atom stereocenters. The largest absolute Gasteiger partial charge is 0.416 e. The number of hydrogen-bond acceptors (Lipinski definition) is 3. The molecule has 0 spiro atoms. The van der Waals surface area contributed by atoms with Crippen molar-refractivity contribution in [2.24, 2.45) is 0 Å². The Bertz CT molecular complexity index is 1250. The molecule has 9 heteroatoms. The molecule has 1 aliphatic rings. The third-order valence-electron chi connectivity index (χ3n) is 5.30. The van der Waals surface area contributed by atoms with Crippen LogP contribution in [0, 0.1) is 6.92 Å². The predicted molar refractivity (Wildman–Crippen MR) is 104 cm³/mol. The van der Waals surface area contributed by atoms with Gasteiger partial charge in [-0.3, -0.25) is 4.79 Å². The highest BCUT2D eigenvalue weighted by atomic mass is 19.4. The molecule has 30 heavy (non-hydrogen) atoms. The third kappa shape index (κ3) is 2.94. The van der Waals surface area contributed by atoms with E-state index in [4.69, 9.17) is 0 Å². The molecule has 4 aromatic rings. The van der Waals surface area contributed by atoms with Gasteiger partial charge in [0.05, 0.1) is 22.3 Å². The van der Waals surface area contributed by atoms with E-state index in [-0.39, 0.29) is 12.3 Å². The zero-order valence-corrected chi connectivity index (χ0v) is 15.8. The minimum Gasteiger partial charge on any atom is -0.322 e. The van der Waals surface area contributed by atoms with Gasteiger partial charge in [0.1, 0.15) is 5.82 Å². The van der Waals surface area contributed by atoms with Crippen molar-refractivity contribution in [1.29, 1.82) is 0 Å². The number of carbonyl (C=O) groups is 1. The number of aromatic nitrogens is 4. The molecule has 1 aliphatic heterocycles. The number of benzene rings is 2. The summed E-state index contributed by atoms with van der Waals surface area (Å²) in [5, 5.41) is 7.34. The normalized spacial score (nSPS) is 16.5. The molecule has 5 rings (SSSR count). The summed E-state index contributed by atoms with van der Waals surface area (Å²) in [5.41, 5.74) is 2.54. The van der Waals surface area contributed by atoms with Crippen LogP contribution >= 0.6 is 0 Å². The number of amides is 1. The number of anilines is 1. The molecular weight excluding hydrogens is 395 g/mol. The summed E-state index contributed by atoms with van der Waals surface area (Å²) in [6.45, 7) is 1.77. The van der Waals surface area contributed by atoms with Crippen molar-refractivity contribution < 1.29 is 18.0 Å². The SMILES string of the molecule is Cc1nn(-c2nc3ccccc3[nH]2)c2c1[C@H](c1cccc(C(F)(F)F)c1)CC(=O)N2. The van der Waals surface area contributed by atoms with Gasteiger partial charge in [0.15, 0.2) is 0 Å². The van der Waals surface area contributed by atoms with E-state index in [2.05, 4.69) is 20.4 Å². The van der Waals surface area contributed by atoms with Gasteiger partial charge in [0.2, 0.25) is 11.9 Å². The van der Waals surface area contributed by atoms with E-state index in [1.54, 1.807) is 13.0 Å². The molecule has 0 bridgehead atoms. The fraction of sp³-hybridized carbons (Fsp3) is 0.190. The zero-order chi connectivity index (χ0) is 21.0. The van der Waals surface area contributed by atoms with Crippen molar-refractivity contribution in [2.45, 2.75) is 25.4 Å². The number of para-hydroxylation sites is 2. The predicted octanol–water partition coefficient (Wildman–Crippen LogP) is 4.55. The van der Waals surface area contributed by atoms with Gasteiger partial charge >= 0.3 is 6.18 Å². The Labute approximate surface area is 168 Å². The molecule has 2 aromatic heterocycles. The van der Waals surface area contributed by atoms with E-state index in [1.165, 1.54) is 10.7 Å². The minimum atomic E-state index is -4.46. The van der Waals surface area contributed by atoms with Crippen LogP contribution in [0.3, 0.4) is 0 Å². The van der Waals surface area contributed by atoms with Crippen LogP contribution in [-0.4, -0.2) is 25.7 Å². The van der Waals surface area contributed by atoms with Crippen molar-refractivity contribution in [2.75, 3.05) is 5.32 Å². The maximum Gasteiger partial charge on any atom is 0.416 e. The monoisotopic (exact) mass is 411 g/mol. The van der Waals surface area contributed by atoms with Crippen LogP contribution in [0.4, 0.5) is 19.0 Å². The molecule has 152 valence electrons. The first-order chi connectivity index (χ1) is 14.3. The van der Waals surface area contributed by atoms with Crippen LogP contribution in [0.5, 0.6) is 0 Å². The number of fused-ring (bicyclic) bond motifs is 2. The number of aryl methyl sites for hydroxylation is 1. The van der Waals surface area contributed by atoms with Gasteiger partial charge in [-0.1, -0.05) is 30.3 Å². The van der Waals surface area contributed by atoms with E-state index < -0.39 is 17.7 Å². The van der Waals surface area contributed by atoms with E-state index in [0.717, 1.165) is 23.2 Å². The molecule has 2 N–H and O–H groups in total. The summed E-state index contributed by atoms with van der Waals surface area (Å²) < 4.78 is 41.1. The Morgan fingerprint density at radius 2 is 1.93 bits per heavy atom. The Kier molecular flexibility index (Phi) is 3.96. The van der Waals surface area contributed by atoms with Gasteiger partial charge in [0, 0.05) is 17.9 Å². The van der Waals surface area contributed by atoms with E-state index in [0.29, 0.717) is 28.6 Å². The van der Waals surface area contributed by atoms with Crippen LogP contribution in [0.25, 0.3) is 17.0 Å². The number of alkyl halides is 3. The van der Waals surface area contributed by atoms with Gasteiger partial charge in [-0.05, 0) is 30.7 Å². The first-order valence-corrected chi connectivity index (χ1v) is 9.33. The molecule has 0 saturated carbocycles. The van der Waals surface area contributed by atoms with Crippen LogP contribution in [0.1, 0.15) is 34.7 Å². The summed E-state index contributed by atoms with van der Waals surface area (Å²) in [6.07, 6.45) is -4.41. The highest BCUT2D eigenvalue weighted by Gasteiger charge is 2.35. The Morgan fingerprint density at radius 1 is 1.13 bits per heavy atom. The summed E-state index contributed by atoms with van der Waals surface area (Å²) >= 11 is 0. The van der Waals surface area contributed by atoms with Crippen molar-refractivity contribution in [1.82, 2.24) is 19.7 Å². The smallest absolute Gasteiger partial charge is 0.322 e. The first-order valence-electron chi connectivity index (χ1n) is 9.33. The summed E-state index contributed by atoms with van der Waals surface area (Å²) in [5.74, 6) is 0.0205. The number of imidazole rings is 1. The summed E-state index contributed by atoms with van der Waals surface area (Å²) in [4.78, 5) is 20.1. The van der Waals surface area contributed by atoms with Crippen molar-refractivity contribution >= 4 is 22.8 Å².